The molecule has 0 heterocycles. The lowest BCUT2D eigenvalue weighted by Gasteiger charge is -2.10. The molecule has 3 aromatic carbocycles. The minimum Gasteiger partial charge on any atom is -0.326 e. The maximum Gasteiger partial charge on any atom is 0.416 e. The van der Waals surface area contributed by atoms with E-state index in [4.69, 9.17) is 34.8 Å². The Balaban J connectivity index is 1.53. The number of anilines is 1. The van der Waals surface area contributed by atoms with Crippen LogP contribution >= 0.6 is 34.8 Å². The van der Waals surface area contributed by atoms with Crippen LogP contribution in [0.4, 0.5) is 32.0 Å². The van der Waals surface area contributed by atoms with E-state index < -0.39 is 63.5 Å². The molecule has 1 aliphatic carbocycles. The highest BCUT2D eigenvalue weighted by Gasteiger charge is 2.67. The van der Waals surface area contributed by atoms with Gasteiger partial charge in [0.15, 0.2) is 5.78 Å². The second-order valence-corrected chi connectivity index (χ2v) is 10.3. The van der Waals surface area contributed by atoms with Crippen molar-refractivity contribution in [2.45, 2.75) is 22.8 Å². The summed E-state index contributed by atoms with van der Waals surface area (Å²) in [5, 5.41) is 2.46. The van der Waals surface area contributed by atoms with Crippen LogP contribution in [-0.2, 0) is 17.4 Å². The van der Waals surface area contributed by atoms with Crippen LogP contribution in [0.25, 0.3) is 0 Å². The monoisotopic (exact) mass is 579 g/mol. The highest BCUT2D eigenvalue weighted by Crippen LogP contribution is 2.65. The normalized spacial score (nSPS) is 18.4. The Kier molecular flexibility index (Phi) is 7.27. The molecular formula is C25H14Cl3F6NO2. The Morgan fingerprint density at radius 2 is 1.62 bits per heavy atom. The molecule has 1 saturated carbocycles. The van der Waals surface area contributed by atoms with Crippen LogP contribution in [0.5, 0.6) is 0 Å². The average Bonchev–Trinajstić information content (AvgIpc) is 3.38. The summed E-state index contributed by atoms with van der Waals surface area (Å²) >= 11 is 18.4. The third kappa shape index (κ3) is 5.73. The van der Waals surface area contributed by atoms with Gasteiger partial charge < -0.3 is 5.32 Å². The van der Waals surface area contributed by atoms with Crippen LogP contribution in [0.15, 0.2) is 54.6 Å². The quantitative estimate of drug-likeness (QED) is 0.184. The molecule has 0 aromatic heterocycles. The largest absolute Gasteiger partial charge is 0.416 e. The molecule has 3 nitrogen and oxygen atoms in total. The Bertz CT molecular complexity index is 1410. The highest BCUT2D eigenvalue weighted by atomic mass is 35.5. The van der Waals surface area contributed by atoms with Crippen molar-refractivity contribution >= 4 is 52.2 Å². The van der Waals surface area contributed by atoms with Gasteiger partial charge in [0, 0.05) is 29.7 Å². The molecule has 4 rings (SSSR count). The molecule has 1 aliphatic rings. The highest BCUT2D eigenvalue weighted by molar-refractivity contribution is 6.53. The Morgan fingerprint density at radius 3 is 2.27 bits per heavy atom. The summed E-state index contributed by atoms with van der Waals surface area (Å²) < 4.78 is 78.4. The van der Waals surface area contributed by atoms with Gasteiger partial charge in [0.2, 0.25) is 5.91 Å². The summed E-state index contributed by atoms with van der Waals surface area (Å²) in [6, 6.07) is 8.42. The maximum atomic E-state index is 13.9. The van der Waals surface area contributed by atoms with Gasteiger partial charge in [0.05, 0.1) is 16.5 Å². The lowest BCUT2D eigenvalue weighted by atomic mass is 10.0. The van der Waals surface area contributed by atoms with Crippen molar-refractivity contribution < 1.29 is 35.9 Å². The first kappa shape index (κ1) is 27.3. The number of hydrogen-bond acceptors (Lipinski definition) is 2. The van der Waals surface area contributed by atoms with Crippen LogP contribution in [-0.4, -0.2) is 16.0 Å². The zero-order valence-corrected chi connectivity index (χ0v) is 20.5. The summed E-state index contributed by atoms with van der Waals surface area (Å²) in [6.45, 7) is 0. The summed E-state index contributed by atoms with van der Waals surface area (Å²) in [5.74, 6) is -6.68. The SMILES string of the molecule is O=C(Cc1ccc(F)cc1F)c1cc(NC(=O)C2C(c3cc(F)cc(C(F)(F)F)c3)C2(Cl)Cl)ccc1Cl. The van der Waals surface area contributed by atoms with E-state index >= 15 is 0 Å². The number of ketones is 1. The zero-order chi connectivity index (χ0) is 27.3. The number of hydrogen-bond donors (Lipinski definition) is 1. The lowest BCUT2D eigenvalue weighted by Crippen LogP contribution is -2.17. The molecule has 0 saturated heterocycles. The number of rotatable bonds is 6. The first-order chi connectivity index (χ1) is 17.2. The minimum atomic E-state index is -4.83. The second kappa shape index (κ2) is 9.85. The fourth-order valence-corrected chi connectivity index (χ4v) is 5.04. The number of carbonyl (C=O) groups is 2. The predicted molar refractivity (Wildman–Crippen MR) is 127 cm³/mol. The van der Waals surface area contributed by atoms with E-state index in [-0.39, 0.29) is 27.4 Å². The second-order valence-electron chi connectivity index (χ2n) is 8.42. The van der Waals surface area contributed by atoms with Crippen LogP contribution in [0.2, 0.25) is 5.02 Å². The van der Waals surface area contributed by atoms with Gasteiger partial charge in [-0.3, -0.25) is 9.59 Å². The molecule has 0 aliphatic heterocycles. The molecule has 2 unspecified atom stereocenters. The smallest absolute Gasteiger partial charge is 0.326 e. The van der Waals surface area contributed by atoms with Gasteiger partial charge in [0.1, 0.15) is 21.8 Å². The van der Waals surface area contributed by atoms with Gasteiger partial charge in [-0.2, -0.15) is 13.2 Å². The molecule has 1 fully saturated rings. The van der Waals surface area contributed by atoms with Gasteiger partial charge in [-0.1, -0.05) is 17.7 Å². The van der Waals surface area contributed by atoms with E-state index in [1.165, 1.54) is 18.2 Å². The van der Waals surface area contributed by atoms with Crippen molar-refractivity contribution in [1.82, 2.24) is 0 Å². The summed E-state index contributed by atoms with van der Waals surface area (Å²) in [6.07, 6.45) is -5.27. The fraction of sp³-hybridized carbons (Fsp3) is 0.200. The molecular weight excluding hydrogens is 567 g/mol. The predicted octanol–water partition coefficient (Wildman–Crippen LogP) is 7.73. The van der Waals surface area contributed by atoms with Gasteiger partial charge in [-0.15, -0.1) is 23.2 Å². The first-order valence-corrected chi connectivity index (χ1v) is 11.6. The molecule has 0 radical (unpaired) electrons. The van der Waals surface area contributed by atoms with E-state index in [2.05, 4.69) is 5.32 Å². The summed E-state index contributed by atoms with van der Waals surface area (Å²) in [7, 11) is 0. The van der Waals surface area contributed by atoms with E-state index in [0.29, 0.717) is 18.2 Å². The standard InChI is InChI=1S/C25H14Cl3F6NO2/c26-18-4-3-16(10-17(18)20(36)7-11-1-2-14(29)9-19(11)31)35-23(37)22-21(24(22,27)28)12-5-13(25(32,33)34)8-15(30)6-12/h1-6,8-10,21-22H,7H2,(H,35,37). The van der Waals surface area contributed by atoms with Crippen molar-refractivity contribution in [2.24, 2.45) is 5.92 Å². The van der Waals surface area contributed by atoms with E-state index in [0.717, 1.165) is 18.2 Å². The number of nitrogens with one attached hydrogen (secondary N) is 1. The third-order valence-corrected chi connectivity index (χ3v) is 7.11. The molecule has 0 spiro atoms. The number of halogens is 9. The van der Waals surface area contributed by atoms with Crippen LogP contribution in [0.1, 0.15) is 33.0 Å². The lowest BCUT2D eigenvalue weighted by molar-refractivity contribution is -0.137. The van der Waals surface area contributed by atoms with E-state index in [9.17, 15) is 35.9 Å². The Hall–Kier alpha value is -2.75. The first-order valence-electron chi connectivity index (χ1n) is 10.5. The van der Waals surface area contributed by atoms with Crippen LogP contribution in [0, 0.1) is 23.4 Å². The Labute approximate surface area is 221 Å². The molecule has 37 heavy (non-hydrogen) atoms. The van der Waals surface area contributed by atoms with Gasteiger partial charge >= 0.3 is 6.18 Å². The molecule has 3 aromatic rings. The van der Waals surface area contributed by atoms with Gasteiger partial charge in [-0.25, -0.2) is 13.2 Å². The van der Waals surface area contributed by atoms with Crippen molar-refractivity contribution in [2.75, 3.05) is 5.32 Å². The number of benzene rings is 3. The van der Waals surface area contributed by atoms with Crippen LogP contribution < -0.4 is 5.32 Å². The van der Waals surface area contributed by atoms with E-state index in [1.807, 2.05) is 0 Å². The Morgan fingerprint density at radius 1 is 0.919 bits per heavy atom. The number of amides is 1. The fourth-order valence-electron chi connectivity index (χ4n) is 3.99. The maximum absolute atomic E-state index is 13.9. The van der Waals surface area contributed by atoms with Crippen molar-refractivity contribution in [3.63, 3.8) is 0 Å². The van der Waals surface area contributed by atoms with Gasteiger partial charge in [0.25, 0.3) is 0 Å². The third-order valence-electron chi connectivity index (χ3n) is 5.84. The number of Topliss-reactive ketones (excluding diaryl/α,β-unsaturated/α-hetero) is 1. The molecule has 2 atom stereocenters. The number of alkyl halides is 5. The molecule has 1 N–H and O–H groups in total. The van der Waals surface area contributed by atoms with Crippen molar-refractivity contribution in [3.05, 3.63) is 99.3 Å². The molecule has 194 valence electrons. The van der Waals surface area contributed by atoms with Crippen molar-refractivity contribution in [3.8, 4) is 0 Å². The minimum absolute atomic E-state index is 0.00158. The zero-order valence-electron chi connectivity index (χ0n) is 18.3. The topological polar surface area (TPSA) is 46.2 Å². The molecule has 12 heteroatoms. The average molecular weight is 581 g/mol. The summed E-state index contributed by atoms with van der Waals surface area (Å²) in [4.78, 5) is 25.6. The van der Waals surface area contributed by atoms with E-state index in [1.54, 1.807) is 0 Å². The molecule has 1 amide bonds. The summed E-state index contributed by atoms with van der Waals surface area (Å²) in [5.41, 5.74) is -1.53. The number of carbonyl (C=O) groups excluding carboxylic acids is 2. The van der Waals surface area contributed by atoms with Crippen molar-refractivity contribution in [1.29, 1.82) is 0 Å². The van der Waals surface area contributed by atoms with Gasteiger partial charge in [-0.05, 0) is 53.6 Å². The molecule has 0 bridgehead atoms. The van der Waals surface area contributed by atoms with Crippen LogP contribution in [0.3, 0.4) is 0 Å².